The molecule has 0 spiro atoms. The third-order valence-electron chi connectivity index (χ3n) is 2.68. The van der Waals surface area contributed by atoms with Crippen LogP contribution in [-0.2, 0) is 6.54 Å². The largest absolute Gasteiger partial charge is 0.359 e. The summed E-state index contributed by atoms with van der Waals surface area (Å²) >= 11 is 6.93. The molecule has 0 fully saturated rings. The second-order valence-electron chi connectivity index (χ2n) is 4.19. The molecule has 2 nitrogen and oxygen atoms in total. The summed E-state index contributed by atoms with van der Waals surface area (Å²) in [6.07, 6.45) is 0. The summed E-state index contributed by atoms with van der Waals surface area (Å²) in [6, 6.07) is 10.7. The summed E-state index contributed by atoms with van der Waals surface area (Å²) in [5, 5.41) is 8.98. The van der Waals surface area contributed by atoms with E-state index in [0.717, 1.165) is 5.56 Å². The van der Waals surface area contributed by atoms with Crippen molar-refractivity contribution in [1.29, 1.82) is 0 Å². The predicted molar refractivity (Wildman–Crippen MR) is 81.7 cm³/mol. The minimum Gasteiger partial charge on any atom is -0.359 e. The van der Waals surface area contributed by atoms with Gasteiger partial charge in [-0.2, -0.15) is 0 Å². The SMILES string of the molecule is C[C@@H](NC(=S)NCc1ccc(F)cc1)c1cccs1. The quantitative estimate of drug-likeness (QED) is 0.842. The Morgan fingerprint density at radius 2 is 2.05 bits per heavy atom. The number of nitrogens with one attached hydrogen (secondary N) is 2. The van der Waals surface area contributed by atoms with Gasteiger partial charge in [-0.05, 0) is 48.3 Å². The molecule has 1 aromatic heterocycles. The molecule has 0 bridgehead atoms. The lowest BCUT2D eigenvalue weighted by atomic mass is 10.2. The average Bonchev–Trinajstić information content (AvgIpc) is 2.92. The second-order valence-corrected chi connectivity index (χ2v) is 5.58. The maximum Gasteiger partial charge on any atom is 0.167 e. The van der Waals surface area contributed by atoms with Crippen LogP contribution in [0.15, 0.2) is 41.8 Å². The molecule has 0 saturated heterocycles. The first-order valence-electron chi connectivity index (χ1n) is 5.97. The summed E-state index contributed by atoms with van der Waals surface area (Å²) in [5.41, 5.74) is 0.995. The maximum absolute atomic E-state index is 12.8. The average molecular weight is 294 g/mol. The summed E-state index contributed by atoms with van der Waals surface area (Å²) in [7, 11) is 0. The maximum atomic E-state index is 12.8. The molecular formula is C14H15FN2S2. The van der Waals surface area contributed by atoms with Crippen LogP contribution in [0.2, 0.25) is 0 Å². The number of thiophene rings is 1. The number of rotatable bonds is 4. The van der Waals surface area contributed by atoms with Gasteiger partial charge in [0, 0.05) is 11.4 Å². The minimum atomic E-state index is -0.226. The van der Waals surface area contributed by atoms with E-state index in [1.54, 1.807) is 23.5 Å². The van der Waals surface area contributed by atoms with Crippen molar-refractivity contribution < 1.29 is 4.39 Å². The van der Waals surface area contributed by atoms with Gasteiger partial charge in [0.05, 0.1) is 6.04 Å². The zero-order valence-electron chi connectivity index (χ0n) is 10.5. The van der Waals surface area contributed by atoms with Crippen molar-refractivity contribution in [3.63, 3.8) is 0 Å². The molecule has 1 aromatic carbocycles. The number of benzene rings is 1. The lowest BCUT2D eigenvalue weighted by molar-refractivity contribution is 0.626. The number of thiocarbonyl (C=S) groups is 1. The Hall–Kier alpha value is -1.46. The summed E-state index contributed by atoms with van der Waals surface area (Å²) in [5.74, 6) is -0.226. The third kappa shape index (κ3) is 4.29. The number of hydrogen-bond acceptors (Lipinski definition) is 2. The van der Waals surface area contributed by atoms with E-state index in [-0.39, 0.29) is 11.9 Å². The zero-order valence-corrected chi connectivity index (χ0v) is 12.2. The molecule has 1 heterocycles. The molecule has 2 aromatic rings. The van der Waals surface area contributed by atoms with E-state index in [1.165, 1.54) is 17.0 Å². The molecule has 0 aliphatic carbocycles. The van der Waals surface area contributed by atoms with Crippen molar-refractivity contribution >= 4 is 28.7 Å². The Bertz CT molecular complexity index is 523. The molecule has 0 aliphatic rings. The summed E-state index contributed by atoms with van der Waals surface area (Å²) in [4.78, 5) is 1.24. The second kappa shape index (κ2) is 6.63. The van der Waals surface area contributed by atoms with Gasteiger partial charge >= 0.3 is 0 Å². The topological polar surface area (TPSA) is 24.1 Å². The van der Waals surface area contributed by atoms with Crippen LogP contribution in [0.1, 0.15) is 23.4 Å². The summed E-state index contributed by atoms with van der Waals surface area (Å²) < 4.78 is 12.8. The lowest BCUT2D eigenvalue weighted by Crippen LogP contribution is -2.36. The standard InChI is InChI=1S/C14H15FN2S2/c1-10(13-3-2-8-19-13)17-14(18)16-9-11-4-6-12(15)7-5-11/h2-8,10H,9H2,1H3,(H2,16,17,18)/t10-/m1/s1. The van der Waals surface area contributed by atoms with Crippen molar-refractivity contribution in [2.75, 3.05) is 0 Å². The highest BCUT2D eigenvalue weighted by Gasteiger charge is 2.07. The fourth-order valence-electron chi connectivity index (χ4n) is 1.64. The van der Waals surface area contributed by atoms with Crippen molar-refractivity contribution in [2.45, 2.75) is 19.5 Å². The van der Waals surface area contributed by atoms with E-state index in [0.29, 0.717) is 11.7 Å². The molecule has 0 saturated carbocycles. The Balaban J connectivity index is 1.80. The minimum absolute atomic E-state index is 0.188. The van der Waals surface area contributed by atoms with E-state index in [9.17, 15) is 4.39 Å². The Labute approximate surface area is 121 Å². The molecule has 2 rings (SSSR count). The van der Waals surface area contributed by atoms with Crippen LogP contribution in [0.5, 0.6) is 0 Å². The summed E-state index contributed by atoms with van der Waals surface area (Å²) in [6.45, 7) is 2.65. The predicted octanol–water partition coefficient (Wildman–Crippen LogP) is 3.61. The van der Waals surface area contributed by atoms with Gasteiger partial charge < -0.3 is 10.6 Å². The molecule has 2 N–H and O–H groups in total. The van der Waals surface area contributed by atoms with Crippen LogP contribution in [0, 0.1) is 5.82 Å². The lowest BCUT2D eigenvalue weighted by Gasteiger charge is -2.15. The number of hydrogen-bond donors (Lipinski definition) is 2. The van der Waals surface area contributed by atoms with Crippen LogP contribution >= 0.6 is 23.6 Å². The molecule has 5 heteroatoms. The molecule has 100 valence electrons. The zero-order chi connectivity index (χ0) is 13.7. The van der Waals surface area contributed by atoms with E-state index in [2.05, 4.69) is 23.6 Å². The Morgan fingerprint density at radius 1 is 1.32 bits per heavy atom. The van der Waals surface area contributed by atoms with Gasteiger partial charge in [0.1, 0.15) is 5.82 Å². The van der Waals surface area contributed by atoms with Crippen LogP contribution in [-0.4, -0.2) is 5.11 Å². The van der Waals surface area contributed by atoms with Crippen LogP contribution < -0.4 is 10.6 Å². The van der Waals surface area contributed by atoms with E-state index in [4.69, 9.17) is 12.2 Å². The highest BCUT2D eigenvalue weighted by molar-refractivity contribution is 7.80. The van der Waals surface area contributed by atoms with Gasteiger partial charge in [0.25, 0.3) is 0 Å². The smallest absolute Gasteiger partial charge is 0.167 e. The van der Waals surface area contributed by atoms with E-state index < -0.39 is 0 Å². The van der Waals surface area contributed by atoms with Crippen LogP contribution in [0.25, 0.3) is 0 Å². The van der Waals surface area contributed by atoms with Crippen molar-refractivity contribution in [1.82, 2.24) is 10.6 Å². The third-order valence-corrected chi connectivity index (χ3v) is 4.00. The van der Waals surface area contributed by atoms with Crippen molar-refractivity contribution in [2.24, 2.45) is 0 Å². The molecular weight excluding hydrogens is 279 g/mol. The van der Waals surface area contributed by atoms with Gasteiger partial charge in [-0.3, -0.25) is 0 Å². The molecule has 0 amide bonds. The molecule has 1 atom stereocenters. The first-order chi connectivity index (χ1) is 9.15. The Kier molecular flexibility index (Phi) is 4.87. The fourth-order valence-corrected chi connectivity index (χ4v) is 2.62. The van der Waals surface area contributed by atoms with Crippen molar-refractivity contribution in [3.8, 4) is 0 Å². The van der Waals surface area contributed by atoms with Gasteiger partial charge in [-0.25, -0.2) is 4.39 Å². The normalized spacial score (nSPS) is 11.9. The van der Waals surface area contributed by atoms with Gasteiger partial charge in [0.15, 0.2) is 5.11 Å². The molecule has 19 heavy (non-hydrogen) atoms. The van der Waals surface area contributed by atoms with Crippen LogP contribution in [0.3, 0.4) is 0 Å². The van der Waals surface area contributed by atoms with Gasteiger partial charge in [0.2, 0.25) is 0 Å². The highest BCUT2D eigenvalue weighted by Crippen LogP contribution is 2.17. The first kappa shape index (κ1) is 14.0. The van der Waals surface area contributed by atoms with Gasteiger partial charge in [-0.15, -0.1) is 11.3 Å². The molecule has 0 radical (unpaired) electrons. The number of halogens is 1. The molecule has 0 aliphatic heterocycles. The van der Waals surface area contributed by atoms with E-state index >= 15 is 0 Å². The first-order valence-corrected chi connectivity index (χ1v) is 7.26. The fraction of sp³-hybridized carbons (Fsp3) is 0.214. The monoisotopic (exact) mass is 294 g/mol. The van der Waals surface area contributed by atoms with Gasteiger partial charge in [-0.1, -0.05) is 18.2 Å². The van der Waals surface area contributed by atoms with Crippen LogP contribution in [0.4, 0.5) is 4.39 Å². The van der Waals surface area contributed by atoms with Crippen molar-refractivity contribution in [3.05, 3.63) is 58.0 Å². The van der Waals surface area contributed by atoms with E-state index in [1.807, 2.05) is 11.4 Å². The Morgan fingerprint density at radius 3 is 2.68 bits per heavy atom. The molecule has 0 unspecified atom stereocenters. The highest BCUT2D eigenvalue weighted by atomic mass is 32.1.